The first-order chi connectivity index (χ1) is 11.5. The van der Waals surface area contributed by atoms with Crippen molar-refractivity contribution < 1.29 is 17.9 Å². The predicted octanol–water partition coefficient (Wildman–Crippen LogP) is 2.28. The lowest BCUT2D eigenvalue weighted by Crippen LogP contribution is -2.45. The van der Waals surface area contributed by atoms with Crippen LogP contribution in [0.4, 0.5) is 0 Å². The van der Waals surface area contributed by atoms with Gasteiger partial charge in [-0.2, -0.15) is 4.31 Å². The first kappa shape index (κ1) is 20.3. The fourth-order valence-corrected chi connectivity index (χ4v) is 4.55. The maximum absolute atomic E-state index is 12.9. The van der Waals surface area contributed by atoms with Crippen molar-refractivity contribution >= 4 is 22.4 Å². The zero-order valence-corrected chi connectivity index (χ0v) is 16.4. The van der Waals surface area contributed by atoms with Gasteiger partial charge in [-0.3, -0.25) is 0 Å². The molecule has 8 heteroatoms. The molecule has 0 unspecified atom stereocenters. The third-order valence-electron chi connectivity index (χ3n) is 4.81. The number of nitrogens with zero attached hydrogens (tertiary/aromatic N) is 1. The Bertz CT molecular complexity index is 649. The van der Waals surface area contributed by atoms with E-state index in [4.69, 9.17) is 9.47 Å². The molecule has 6 nitrogen and oxygen atoms in total. The second-order valence-electron chi connectivity index (χ2n) is 6.58. The topological polar surface area (TPSA) is 67.9 Å². The van der Waals surface area contributed by atoms with Crippen LogP contribution in [-0.2, 0) is 10.0 Å². The van der Waals surface area contributed by atoms with Gasteiger partial charge in [0, 0.05) is 37.3 Å². The number of halogens is 1. The van der Waals surface area contributed by atoms with E-state index in [0.29, 0.717) is 30.6 Å². The van der Waals surface area contributed by atoms with Crippen LogP contribution in [0, 0.1) is 5.92 Å². The molecule has 1 aliphatic heterocycles. The average molecular weight is 391 g/mol. The van der Waals surface area contributed by atoms with Gasteiger partial charge in [0.25, 0.3) is 0 Å². The monoisotopic (exact) mass is 390 g/mol. The van der Waals surface area contributed by atoms with E-state index in [1.165, 1.54) is 27.1 Å². The van der Waals surface area contributed by atoms with E-state index < -0.39 is 10.0 Å². The summed E-state index contributed by atoms with van der Waals surface area (Å²) in [6.45, 7) is 2.17. The standard InChI is InChI=1S/C17H26N2O4S.ClH/c1-22-15-9-16(23-2)11-17(10-15)24(20,21)19-7-5-14(6-8-19)18-12-13-3-4-13;/h9-11,13-14,18H,3-8,12H2,1-2H3;1H. The fraction of sp³-hybridized carbons (Fsp3) is 0.647. The van der Waals surface area contributed by atoms with Gasteiger partial charge in [-0.25, -0.2) is 8.42 Å². The molecule has 2 aliphatic rings. The summed E-state index contributed by atoms with van der Waals surface area (Å²) in [7, 11) is -0.492. The zero-order chi connectivity index (χ0) is 17.2. The molecule has 3 rings (SSSR count). The number of hydrogen-bond acceptors (Lipinski definition) is 5. The summed E-state index contributed by atoms with van der Waals surface area (Å²) in [5.41, 5.74) is 0. The molecule has 1 heterocycles. The minimum atomic E-state index is -3.52. The van der Waals surface area contributed by atoms with E-state index in [2.05, 4.69) is 5.32 Å². The van der Waals surface area contributed by atoms with E-state index in [-0.39, 0.29) is 17.3 Å². The van der Waals surface area contributed by atoms with Crippen LogP contribution in [0.25, 0.3) is 0 Å². The first-order valence-corrected chi connectivity index (χ1v) is 9.93. The van der Waals surface area contributed by atoms with Crippen molar-refractivity contribution in [1.29, 1.82) is 0 Å². The van der Waals surface area contributed by atoms with Crippen LogP contribution in [0.3, 0.4) is 0 Å². The summed E-state index contributed by atoms with van der Waals surface area (Å²) in [6, 6.07) is 5.20. The highest BCUT2D eigenvalue weighted by atomic mass is 35.5. The van der Waals surface area contributed by atoms with Gasteiger partial charge in [-0.1, -0.05) is 0 Å². The third kappa shape index (κ3) is 5.00. The molecule has 0 radical (unpaired) electrons. The Morgan fingerprint density at radius 1 is 1.04 bits per heavy atom. The molecule has 0 bridgehead atoms. The molecule has 25 heavy (non-hydrogen) atoms. The number of piperidine rings is 1. The smallest absolute Gasteiger partial charge is 0.243 e. The summed E-state index contributed by atoms with van der Waals surface area (Å²) in [6.07, 6.45) is 4.37. The zero-order valence-electron chi connectivity index (χ0n) is 14.7. The van der Waals surface area contributed by atoms with Crippen LogP contribution < -0.4 is 14.8 Å². The van der Waals surface area contributed by atoms with Crippen LogP contribution in [0.15, 0.2) is 23.1 Å². The summed E-state index contributed by atoms with van der Waals surface area (Å²) in [5, 5.41) is 3.57. The number of benzene rings is 1. The van der Waals surface area contributed by atoms with Crippen LogP contribution in [-0.4, -0.2) is 52.6 Å². The molecule has 1 N–H and O–H groups in total. The fourth-order valence-electron chi connectivity index (χ4n) is 3.03. The molecule has 1 aromatic carbocycles. The number of ether oxygens (including phenoxy) is 2. The molecule has 0 atom stereocenters. The van der Waals surface area contributed by atoms with Gasteiger partial charge in [0.15, 0.2) is 0 Å². The highest BCUT2D eigenvalue weighted by molar-refractivity contribution is 7.89. The van der Waals surface area contributed by atoms with E-state index in [0.717, 1.165) is 25.3 Å². The van der Waals surface area contributed by atoms with Crippen molar-refractivity contribution in [2.45, 2.75) is 36.6 Å². The number of rotatable bonds is 7. The predicted molar refractivity (Wildman–Crippen MR) is 99.3 cm³/mol. The molecular weight excluding hydrogens is 364 g/mol. The van der Waals surface area contributed by atoms with Gasteiger partial charge >= 0.3 is 0 Å². The Kier molecular flexibility index (Phi) is 6.96. The second kappa shape index (κ2) is 8.58. The molecule has 1 saturated heterocycles. The van der Waals surface area contributed by atoms with Gasteiger partial charge in [-0.05, 0) is 38.1 Å². The summed E-state index contributed by atoms with van der Waals surface area (Å²) in [5.74, 6) is 1.80. The van der Waals surface area contributed by atoms with Crippen LogP contribution in [0.2, 0.25) is 0 Å². The molecule has 1 aromatic rings. The molecule has 2 fully saturated rings. The largest absolute Gasteiger partial charge is 0.497 e. The molecule has 0 spiro atoms. The number of methoxy groups -OCH3 is 2. The maximum atomic E-state index is 12.9. The van der Waals surface area contributed by atoms with E-state index in [1.807, 2.05) is 0 Å². The van der Waals surface area contributed by atoms with Crippen molar-refractivity contribution in [3.8, 4) is 11.5 Å². The Balaban J connectivity index is 0.00000225. The lowest BCUT2D eigenvalue weighted by atomic mass is 10.1. The highest BCUT2D eigenvalue weighted by Gasteiger charge is 2.31. The second-order valence-corrected chi connectivity index (χ2v) is 8.52. The molecule has 0 amide bonds. The van der Waals surface area contributed by atoms with Crippen LogP contribution in [0.5, 0.6) is 11.5 Å². The molecule has 1 aliphatic carbocycles. The van der Waals surface area contributed by atoms with Crippen molar-refractivity contribution in [1.82, 2.24) is 9.62 Å². The minimum absolute atomic E-state index is 0. The van der Waals surface area contributed by atoms with Crippen molar-refractivity contribution in [2.24, 2.45) is 5.92 Å². The van der Waals surface area contributed by atoms with E-state index in [1.54, 1.807) is 22.5 Å². The van der Waals surface area contributed by atoms with Gasteiger partial charge in [0.05, 0.1) is 19.1 Å². The van der Waals surface area contributed by atoms with E-state index >= 15 is 0 Å². The minimum Gasteiger partial charge on any atom is -0.497 e. The third-order valence-corrected chi connectivity index (χ3v) is 6.69. The Morgan fingerprint density at radius 3 is 2.08 bits per heavy atom. The Labute approximate surface area is 156 Å². The quantitative estimate of drug-likeness (QED) is 0.773. The van der Waals surface area contributed by atoms with Crippen LogP contribution in [0.1, 0.15) is 25.7 Å². The Hall–Kier alpha value is -1.02. The normalized spacial score (nSPS) is 19.3. The first-order valence-electron chi connectivity index (χ1n) is 8.49. The summed E-state index contributed by atoms with van der Waals surface area (Å²) >= 11 is 0. The van der Waals surface area contributed by atoms with E-state index in [9.17, 15) is 8.42 Å². The van der Waals surface area contributed by atoms with Crippen molar-refractivity contribution in [3.05, 3.63) is 18.2 Å². The average Bonchev–Trinajstić information content (AvgIpc) is 3.44. The van der Waals surface area contributed by atoms with Crippen LogP contribution >= 0.6 is 12.4 Å². The SMILES string of the molecule is COc1cc(OC)cc(S(=O)(=O)N2CCC(NCC3CC3)CC2)c1.Cl. The van der Waals surface area contributed by atoms with Gasteiger partial charge < -0.3 is 14.8 Å². The lowest BCUT2D eigenvalue weighted by molar-refractivity contribution is 0.287. The molecule has 0 aromatic heterocycles. The molecule has 1 saturated carbocycles. The van der Waals surface area contributed by atoms with Gasteiger partial charge in [0.1, 0.15) is 11.5 Å². The number of sulfonamides is 1. The lowest BCUT2D eigenvalue weighted by Gasteiger charge is -2.32. The van der Waals surface area contributed by atoms with Crippen molar-refractivity contribution in [2.75, 3.05) is 33.9 Å². The number of hydrogen-bond donors (Lipinski definition) is 1. The Morgan fingerprint density at radius 2 is 1.60 bits per heavy atom. The summed E-state index contributed by atoms with van der Waals surface area (Å²) in [4.78, 5) is 0.225. The van der Waals surface area contributed by atoms with Crippen molar-refractivity contribution in [3.63, 3.8) is 0 Å². The van der Waals surface area contributed by atoms with Gasteiger partial charge in [0.2, 0.25) is 10.0 Å². The summed E-state index contributed by atoms with van der Waals surface area (Å²) < 4.78 is 37.7. The number of nitrogens with one attached hydrogen (secondary N) is 1. The molecule has 142 valence electrons. The molecular formula is C17H27ClN2O4S. The van der Waals surface area contributed by atoms with Gasteiger partial charge in [-0.15, -0.1) is 12.4 Å². The highest BCUT2D eigenvalue weighted by Crippen LogP contribution is 2.30. The maximum Gasteiger partial charge on any atom is 0.243 e.